The summed E-state index contributed by atoms with van der Waals surface area (Å²) in [6.07, 6.45) is 2.51. The van der Waals surface area contributed by atoms with Crippen molar-refractivity contribution in [2.24, 2.45) is 5.92 Å². The highest BCUT2D eigenvalue weighted by Crippen LogP contribution is 2.31. The van der Waals surface area contributed by atoms with Crippen LogP contribution >= 0.6 is 24.8 Å². The first-order valence-electron chi connectivity index (χ1n) is 9.20. The van der Waals surface area contributed by atoms with Crippen molar-refractivity contribution in [1.29, 1.82) is 0 Å². The number of hydrogen-bond donors (Lipinski definition) is 1. The summed E-state index contributed by atoms with van der Waals surface area (Å²) in [5, 5.41) is 6.03. The summed E-state index contributed by atoms with van der Waals surface area (Å²) in [6, 6.07) is 13.8. The van der Waals surface area contributed by atoms with Crippen LogP contribution < -0.4 is 10.1 Å². The summed E-state index contributed by atoms with van der Waals surface area (Å²) < 4.78 is 5.34. The van der Waals surface area contributed by atoms with Gasteiger partial charge in [0, 0.05) is 32.2 Å². The van der Waals surface area contributed by atoms with E-state index in [4.69, 9.17) is 4.74 Å². The molecule has 1 fully saturated rings. The number of ether oxygens (including phenoxy) is 1. The molecule has 0 spiro atoms. The monoisotopic (exact) mass is 398 g/mol. The second kappa shape index (κ2) is 11.0. The fraction of sp³-hybridized carbons (Fsp3) is 0.524. The van der Waals surface area contributed by atoms with Crippen molar-refractivity contribution < 1.29 is 4.74 Å². The first-order chi connectivity index (χ1) is 11.7. The lowest BCUT2D eigenvalue weighted by Crippen LogP contribution is -2.45. The van der Waals surface area contributed by atoms with Gasteiger partial charge in [-0.15, -0.1) is 24.8 Å². The molecule has 26 heavy (non-hydrogen) atoms. The molecule has 1 aliphatic heterocycles. The normalized spacial score (nSPS) is 16.0. The highest BCUT2D eigenvalue weighted by Gasteiger charge is 2.22. The minimum Gasteiger partial charge on any atom is -0.497 e. The molecule has 0 radical (unpaired) electrons. The Balaban J connectivity index is 0.00000169. The van der Waals surface area contributed by atoms with Gasteiger partial charge in [0.25, 0.3) is 0 Å². The molecule has 0 saturated carbocycles. The van der Waals surface area contributed by atoms with E-state index in [1.54, 1.807) is 7.11 Å². The smallest absolute Gasteiger partial charge is 0.119 e. The van der Waals surface area contributed by atoms with Gasteiger partial charge in [0.05, 0.1) is 7.11 Å². The molecule has 0 unspecified atom stereocenters. The van der Waals surface area contributed by atoms with E-state index in [9.17, 15) is 0 Å². The molecular weight excluding hydrogens is 367 g/mol. The van der Waals surface area contributed by atoms with Crippen LogP contribution in [0.5, 0.6) is 5.75 Å². The number of fused-ring (bicyclic) bond motifs is 1. The quantitative estimate of drug-likeness (QED) is 0.734. The summed E-state index contributed by atoms with van der Waals surface area (Å²) >= 11 is 0. The first kappa shape index (κ1) is 23.0. The second-order valence-electron chi connectivity index (χ2n) is 7.25. The summed E-state index contributed by atoms with van der Waals surface area (Å²) in [6.45, 7) is 9.13. The van der Waals surface area contributed by atoms with Gasteiger partial charge in [-0.1, -0.05) is 32.0 Å². The van der Waals surface area contributed by atoms with Crippen molar-refractivity contribution in [2.45, 2.75) is 32.7 Å². The Morgan fingerprint density at radius 3 is 2.27 bits per heavy atom. The van der Waals surface area contributed by atoms with Gasteiger partial charge < -0.3 is 10.1 Å². The summed E-state index contributed by atoms with van der Waals surface area (Å²) in [5.41, 5.74) is 1.45. The summed E-state index contributed by atoms with van der Waals surface area (Å²) in [5.74, 6) is 1.67. The van der Waals surface area contributed by atoms with Crippen molar-refractivity contribution in [3.63, 3.8) is 0 Å². The fourth-order valence-electron chi connectivity index (χ4n) is 3.62. The molecule has 0 aromatic heterocycles. The maximum atomic E-state index is 5.34. The molecule has 1 heterocycles. The van der Waals surface area contributed by atoms with Crippen LogP contribution in [0.1, 0.15) is 38.3 Å². The Morgan fingerprint density at radius 1 is 0.962 bits per heavy atom. The summed E-state index contributed by atoms with van der Waals surface area (Å²) in [4.78, 5) is 2.66. The third-order valence-electron chi connectivity index (χ3n) is 5.07. The van der Waals surface area contributed by atoms with Crippen LogP contribution in [0.4, 0.5) is 0 Å². The first-order valence-corrected chi connectivity index (χ1v) is 9.20. The number of piperazine rings is 1. The van der Waals surface area contributed by atoms with E-state index >= 15 is 0 Å². The molecule has 2 aromatic carbocycles. The lowest BCUT2D eigenvalue weighted by Gasteiger charge is -2.36. The van der Waals surface area contributed by atoms with Gasteiger partial charge in [0.15, 0.2) is 0 Å². The van der Waals surface area contributed by atoms with E-state index in [0.717, 1.165) is 37.8 Å². The minimum absolute atomic E-state index is 0. The highest BCUT2D eigenvalue weighted by atomic mass is 35.5. The average Bonchev–Trinajstić information content (AvgIpc) is 2.62. The Kier molecular flexibility index (Phi) is 9.73. The molecule has 1 aliphatic rings. The van der Waals surface area contributed by atoms with Crippen LogP contribution in [0.2, 0.25) is 0 Å². The fourth-order valence-corrected chi connectivity index (χ4v) is 3.62. The summed E-state index contributed by atoms with van der Waals surface area (Å²) in [7, 11) is 1.72. The maximum absolute atomic E-state index is 5.34. The van der Waals surface area contributed by atoms with Crippen LogP contribution in [-0.4, -0.2) is 38.2 Å². The maximum Gasteiger partial charge on any atom is 0.119 e. The Bertz CT molecular complexity index is 672. The van der Waals surface area contributed by atoms with Gasteiger partial charge in [0.1, 0.15) is 5.75 Å². The predicted molar refractivity (Wildman–Crippen MR) is 116 cm³/mol. The number of halogens is 2. The van der Waals surface area contributed by atoms with Crippen molar-refractivity contribution >= 4 is 35.6 Å². The number of nitrogens with zero attached hydrogens (tertiary/aromatic N) is 1. The van der Waals surface area contributed by atoms with Gasteiger partial charge in [-0.2, -0.15) is 0 Å². The van der Waals surface area contributed by atoms with E-state index in [1.807, 2.05) is 0 Å². The average molecular weight is 399 g/mol. The Labute approximate surface area is 170 Å². The number of nitrogens with one attached hydrogen (secondary N) is 1. The molecule has 1 atom stereocenters. The topological polar surface area (TPSA) is 24.5 Å². The molecule has 1 N–H and O–H groups in total. The molecule has 146 valence electrons. The third-order valence-corrected chi connectivity index (χ3v) is 5.07. The van der Waals surface area contributed by atoms with Crippen molar-refractivity contribution in [3.8, 4) is 5.75 Å². The zero-order valence-electron chi connectivity index (χ0n) is 16.0. The van der Waals surface area contributed by atoms with E-state index in [2.05, 4.69) is 60.5 Å². The van der Waals surface area contributed by atoms with Crippen LogP contribution in [0.15, 0.2) is 36.4 Å². The van der Waals surface area contributed by atoms with Gasteiger partial charge in [-0.25, -0.2) is 0 Å². The molecule has 3 rings (SSSR count). The molecule has 0 aliphatic carbocycles. The SMILES string of the molecule is COc1ccc2cc([C@H](CCC(C)C)N3CCNCC3)ccc2c1.Cl.Cl. The van der Waals surface area contributed by atoms with E-state index in [0.29, 0.717) is 6.04 Å². The van der Waals surface area contributed by atoms with E-state index < -0.39 is 0 Å². The van der Waals surface area contributed by atoms with Crippen LogP contribution in [0.3, 0.4) is 0 Å². The number of rotatable bonds is 6. The number of hydrogen-bond acceptors (Lipinski definition) is 3. The van der Waals surface area contributed by atoms with Gasteiger partial charge in [0.2, 0.25) is 0 Å². The molecule has 3 nitrogen and oxygen atoms in total. The van der Waals surface area contributed by atoms with Crippen LogP contribution in [-0.2, 0) is 0 Å². The number of benzene rings is 2. The second-order valence-corrected chi connectivity index (χ2v) is 7.25. The molecule has 1 saturated heterocycles. The third kappa shape index (κ3) is 5.75. The van der Waals surface area contributed by atoms with Gasteiger partial charge in [-0.3, -0.25) is 4.90 Å². The molecular formula is C21H32Cl2N2O. The van der Waals surface area contributed by atoms with Crippen molar-refractivity contribution in [2.75, 3.05) is 33.3 Å². The zero-order chi connectivity index (χ0) is 16.9. The van der Waals surface area contributed by atoms with Crippen molar-refractivity contribution in [3.05, 3.63) is 42.0 Å². The molecule has 0 amide bonds. The van der Waals surface area contributed by atoms with Gasteiger partial charge in [-0.05, 0) is 53.3 Å². The lowest BCUT2D eigenvalue weighted by atomic mass is 9.94. The Morgan fingerprint density at radius 2 is 1.62 bits per heavy atom. The molecule has 0 bridgehead atoms. The van der Waals surface area contributed by atoms with E-state index in [1.165, 1.54) is 29.2 Å². The van der Waals surface area contributed by atoms with Gasteiger partial charge >= 0.3 is 0 Å². The highest BCUT2D eigenvalue weighted by molar-refractivity contribution is 5.86. The number of methoxy groups -OCH3 is 1. The minimum atomic E-state index is 0. The predicted octanol–water partition coefficient (Wildman–Crippen LogP) is 5.07. The van der Waals surface area contributed by atoms with Crippen LogP contribution in [0, 0.1) is 5.92 Å². The standard InChI is InChI=1S/C21H30N2O.2ClH/c1-16(2)4-9-21(23-12-10-22-11-13-23)19-6-5-18-15-20(24-3)8-7-17(18)14-19;;/h5-8,14-16,21-22H,4,9-13H2,1-3H3;2*1H/t21-;;/m0../s1. The molecule has 5 heteroatoms. The Hall–Kier alpha value is -1.000. The van der Waals surface area contributed by atoms with E-state index in [-0.39, 0.29) is 24.8 Å². The van der Waals surface area contributed by atoms with Crippen molar-refractivity contribution in [1.82, 2.24) is 10.2 Å². The zero-order valence-corrected chi connectivity index (χ0v) is 17.7. The lowest BCUT2D eigenvalue weighted by molar-refractivity contribution is 0.160. The largest absolute Gasteiger partial charge is 0.497 e. The molecule has 2 aromatic rings. The van der Waals surface area contributed by atoms with Crippen LogP contribution in [0.25, 0.3) is 10.8 Å².